The number of nitrogens with zero attached hydrogens (tertiary/aromatic N) is 2. The molecule has 1 aliphatic rings. The van der Waals surface area contributed by atoms with Crippen molar-refractivity contribution < 1.29 is 14.3 Å². The largest absolute Gasteiger partial charge is 0.426 e. The monoisotopic (exact) mass is 440 g/mol. The number of ether oxygens (including phenoxy) is 1. The highest BCUT2D eigenvalue weighted by atomic mass is 32.2. The second-order valence-electron chi connectivity index (χ2n) is 7.56. The van der Waals surface area contributed by atoms with E-state index in [1.165, 1.54) is 31.5 Å². The maximum atomic E-state index is 11.5. The molecular weight excluding hydrogens is 416 g/mol. The van der Waals surface area contributed by atoms with E-state index in [0.29, 0.717) is 11.5 Å². The lowest BCUT2D eigenvalue weighted by molar-refractivity contribution is -0.131. The van der Waals surface area contributed by atoms with Gasteiger partial charge in [-0.25, -0.2) is 0 Å². The van der Waals surface area contributed by atoms with Crippen molar-refractivity contribution >= 4 is 45.4 Å². The first-order valence-electron chi connectivity index (χ1n) is 10.0. The predicted molar refractivity (Wildman–Crippen MR) is 122 cm³/mol. The average molecular weight is 441 g/mol. The van der Waals surface area contributed by atoms with Gasteiger partial charge in [-0.05, 0) is 42.3 Å². The summed E-state index contributed by atoms with van der Waals surface area (Å²) in [5.74, 6) is 2.36. The van der Waals surface area contributed by atoms with Crippen LogP contribution < -0.4 is 4.74 Å². The van der Waals surface area contributed by atoms with Gasteiger partial charge in [-0.3, -0.25) is 14.3 Å². The summed E-state index contributed by atoms with van der Waals surface area (Å²) in [6.45, 7) is 3.95. The van der Waals surface area contributed by atoms with Crippen LogP contribution in [-0.4, -0.2) is 20.9 Å². The molecule has 0 saturated heterocycles. The lowest BCUT2D eigenvalue weighted by atomic mass is 10.1. The topological polar surface area (TPSA) is 61.2 Å². The molecule has 3 aromatic rings. The number of carbonyl (C=O) groups excluding carboxylic acids is 2. The van der Waals surface area contributed by atoms with Gasteiger partial charge in [0.1, 0.15) is 5.75 Å². The number of aromatic nitrogens is 2. The van der Waals surface area contributed by atoms with Gasteiger partial charge in [-0.1, -0.05) is 36.0 Å². The highest BCUT2D eigenvalue weighted by molar-refractivity contribution is 8.12. The Labute approximate surface area is 184 Å². The first-order valence-corrected chi connectivity index (χ1v) is 12.0. The molecule has 0 bridgehead atoms. The molecule has 1 heterocycles. The van der Waals surface area contributed by atoms with Crippen LogP contribution in [0.1, 0.15) is 38.1 Å². The fourth-order valence-electron chi connectivity index (χ4n) is 3.31. The van der Waals surface area contributed by atoms with E-state index in [1.807, 2.05) is 30.3 Å². The van der Waals surface area contributed by atoms with Gasteiger partial charge in [-0.15, -0.1) is 11.8 Å². The van der Waals surface area contributed by atoms with Gasteiger partial charge in [0.25, 0.3) is 0 Å². The van der Waals surface area contributed by atoms with Crippen molar-refractivity contribution in [2.75, 3.05) is 0 Å². The molecule has 0 unspecified atom stereocenters. The van der Waals surface area contributed by atoms with E-state index in [9.17, 15) is 9.59 Å². The molecule has 4 rings (SSSR count). The average Bonchev–Trinajstić information content (AvgIpc) is 3.43. The zero-order valence-corrected chi connectivity index (χ0v) is 18.7. The lowest BCUT2D eigenvalue weighted by Crippen LogP contribution is -2.06. The summed E-state index contributed by atoms with van der Waals surface area (Å²) >= 11 is 3.00. The molecule has 0 N–H and O–H groups in total. The van der Waals surface area contributed by atoms with Crippen molar-refractivity contribution in [1.29, 1.82) is 0 Å². The van der Waals surface area contributed by atoms with E-state index in [0.717, 1.165) is 45.3 Å². The number of fused-ring (bicyclic) bond motifs is 1. The van der Waals surface area contributed by atoms with Crippen LogP contribution in [0.4, 0.5) is 0 Å². The van der Waals surface area contributed by atoms with Crippen molar-refractivity contribution in [2.24, 2.45) is 5.92 Å². The molecule has 5 nitrogen and oxygen atoms in total. The fourth-order valence-corrected chi connectivity index (χ4v) is 4.75. The molecule has 0 atom stereocenters. The zero-order chi connectivity index (χ0) is 21.1. The molecule has 1 aromatic heterocycles. The minimum Gasteiger partial charge on any atom is -0.426 e. The third-order valence-corrected chi connectivity index (χ3v) is 6.76. The Morgan fingerprint density at radius 1 is 1.13 bits per heavy atom. The Bertz CT molecular complexity index is 1090. The second kappa shape index (κ2) is 9.27. The number of benzene rings is 2. The molecule has 156 valence electrons. The summed E-state index contributed by atoms with van der Waals surface area (Å²) in [5.41, 5.74) is 2.11. The van der Waals surface area contributed by atoms with Crippen LogP contribution in [0.25, 0.3) is 10.8 Å². The minimum absolute atomic E-state index is 0.108. The molecular formula is C23H24N2O3S2. The maximum Gasteiger partial charge on any atom is 0.308 e. The Kier molecular flexibility index (Phi) is 6.49. The molecule has 0 spiro atoms. The second-order valence-corrected chi connectivity index (χ2v) is 9.76. The third-order valence-electron chi connectivity index (χ3n) is 4.90. The number of esters is 1. The molecule has 7 heteroatoms. The summed E-state index contributed by atoms with van der Waals surface area (Å²) in [5, 5.41) is 6.83. The molecule has 0 aliphatic heterocycles. The van der Waals surface area contributed by atoms with Crippen molar-refractivity contribution in [1.82, 2.24) is 9.78 Å². The summed E-state index contributed by atoms with van der Waals surface area (Å²) in [6.07, 6.45) is 2.53. The maximum absolute atomic E-state index is 11.5. The lowest BCUT2D eigenvalue weighted by Gasteiger charge is -2.10. The van der Waals surface area contributed by atoms with Gasteiger partial charge in [0.15, 0.2) is 5.12 Å². The highest BCUT2D eigenvalue weighted by Crippen LogP contribution is 2.35. The number of hydrogen-bond acceptors (Lipinski definition) is 6. The zero-order valence-electron chi connectivity index (χ0n) is 17.1. The number of rotatable bonds is 8. The Morgan fingerprint density at radius 2 is 1.93 bits per heavy atom. The van der Waals surface area contributed by atoms with Crippen molar-refractivity contribution in [3.63, 3.8) is 0 Å². The summed E-state index contributed by atoms with van der Waals surface area (Å²) in [4.78, 5) is 23.9. The van der Waals surface area contributed by atoms with E-state index in [1.54, 1.807) is 18.7 Å². The van der Waals surface area contributed by atoms with Crippen molar-refractivity contribution in [3.8, 4) is 5.75 Å². The van der Waals surface area contributed by atoms with Crippen LogP contribution >= 0.6 is 23.5 Å². The van der Waals surface area contributed by atoms with E-state index in [2.05, 4.69) is 16.8 Å². The highest BCUT2D eigenvalue weighted by Gasteiger charge is 2.23. The van der Waals surface area contributed by atoms with E-state index < -0.39 is 0 Å². The van der Waals surface area contributed by atoms with Gasteiger partial charge < -0.3 is 4.74 Å². The third kappa shape index (κ3) is 5.46. The number of thioether (sulfide) groups is 2. The minimum atomic E-state index is -0.322. The smallest absolute Gasteiger partial charge is 0.308 e. The predicted octanol–water partition coefficient (Wildman–Crippen LogP) is 5.44. The molecule has 0 amide bonds. The van der Waals surface area contributed by atoms with Crippen molar-refractivity contribution in [2.45, 2.75) is 49.6 Å². The van der Waals surface area contributed by atoms with E-state index in [4.69, 9.17) is 9.84 Å². The molecule has 1 saturated carbocycles. The van der Waals surface area contributed by atoms with Crippen LogP contribution in [-0.2, 0) is 27.6 Å². The van der Waals surface area contributed by atoms with Gasteiger partial charge in [0, 0.05) is 47.9 Å². The van der Waals surface area contributed by atoms with Crippen LogP contribution in [0.3, 0.4) is 0 Å². The van der Waals surface area contributed by atoms with Crippen LogP contribution in [0.15, 0.2) is 47.4 Å². The standard InChI is InChI=1S/C23H24N2O3S2/c1-15(26)28-23-11-21(9-18-5-3-4-6-22(18)23)30-14-20-10-19(13-29-16(2)27)24-25(20)12-17-7-8-17/h3-6,9-11,17H,7-8,12-14H2,1-2H3. The Hall–Kier alpha value is -2.25. The van der Waals surface area contributed by atoms with E-state index >= 15 is 0 Å². The molecule has 1 aliphatic carbocycles. The Balaban J connectivity index is 1.55. The van der Waals surface area contributed by atoms with Crippen LogP contribution in [0.5, 0.6) is 5.75 Å². The molecule has 30 heavy (non-hydrogen) atoms. The van der Waals surface area contributed by atoms with Gasteiger partial charge in [0.2, 0.25) is 0 Å². The summed E-state index contributed by atoms with van der Waals surface area (Å²) in [7, 11) is 0. The van der Waals surface area contributed by atoms with Gasteiger partial charge in [-0.2, -0.15) is 5.10 Å². The van der Waals surface area contributed by atoms with Crippen LogP contribution in [0, 0.1) is 5.92 Å². The van der Waals surface area contributed by atoms with Gasteiger partial charge in [0.05, 0.1) is 5.69 Å². The number of carbonyl (C=O) groups is 2. The van der Waals surface area contributed by atoms with Crippen LogP contribution in [0.2, 0.25) is 0 Å². The van der Waals surface area contributed by atoms with E-state index in [-0.39, 0.29) is 11.1 Å². The quantitative estimate of drug-likeness (QED) is 0.264. The number of hydrogen-bond donors (Lipinski definition) is 0. The fraction of sp³-hybridized carbons (Fsp3) is 0.348. The SMILES string of the molecule is CC(=O)Oc1cc(SCc2cc(CSC(C)=O)nn2CC2CC2)cc2ccccc12. The molecule has 0 radical (unpaired) electrons. The summed E-state index contributed by atoms with van der Waals surface area (Å²) < 4.78 is 7.56. The van der Waals surface area contributed by atoms with Crippen molar-refractivity contribution in [3.05, 3.63) is 53.9 Å². The first kappa shape index (κ1) is 21.0. The van der Waals surface area contributed by atoms with Gasteiger partial charge >= 0.3 is 5.97 Å². The summed E-state index contributed by atoms with van der Waals surface area (Å²) in [6, 6.07) is 14.1. The normalized spacial score (nSPS) is 13.5. The molecule has 2 aromatic carbocycles. The first-order chi connectivity index (χ1) is 14.5. The molecule has 1 fully saturated rings. The Morgan fingerprint density at radius 3 is 2.67 bits per heavy atom.